The Kier molecular flexibility index (Phi) is 7.05. The van der Waals surface area contributed by atoms with Crippen molar-refractivity contribution in [1.82, 2.24) is 14.1 Å². The quantitative estimate of drug-likeness (QED) is 0.371. The molecule has 0 saturated carbocycles. The minimum atomic E-state index is 0.877. The van der Waals surface area contributed by atoms with Crippen LogP contribution in [0.2, 0.25) is 0 Å². The number of aromatic nitrogens is 4. The Morgan fingerprint density at radius 1 is 0.885 bits per heavy atom. The van der Waals surface area contributed by atoms with Gasteiger partial charge in [-0.15, -0.1) is 0 Å². The summed E-state index contributed by atoms with van der Waals surface area (Å²) in [7, 11) is 0. The molecule has 0 saturated heterocycles. The highest BCUT2D eigenvalue weighted by Gasteiger charge is 2.05. The summed E-state index contributed by atoms with van der Waals surface area (Å²) in [5.41, 5.74) is 2.64. The summed E-state index contributed by atoms with van der Waals surface area (Å²) in [6, 6.07) is 8.88. The molecule has 0 unspecified atom stereocenters. The number of unbranched alkanes of at least 4 members (excludes halogenated alkanes) is 5. The van der Waals surface area contributed by atoms with Crippen LogP contribution >= 0.6 is 0 Å². The van der Waals surface area contributed by atoms with Crippen molar-refractivity contribution in [2.45, 2.75) is 65.1 Å². The molecule has 3 aromatic rings. The van der Waals surface area contributed by atoms with Crippen LogP contribution < -0.4 is 4.57 Å². The second kappa shape index (κ2) is 9.95. The number of hydrogen-bond donors (Lipinski definition) is 0. The van der Waals surface area contributed by atoms with E-state index in [4.69, 9.17) is 0 Å². The molecule has 1 aromatic carbocycles. The molecular weight excluding hydrogens is 320 g/mol. The van der Waals surface area contributed by atoms with Gasteiger partial charge < -0.3 is 4.57 Å². The molecular formula is C22H31N4+. The number of aryl methyl sites for hydroxylation is 1. The molecule has 0 bridgehead atoms. The van der Waals surface area contributed by atoms with Crippen molar-refractivity contribution in [3.05, 3.63) is 72.8 Å². The maximum absolute atomic E-state index is 4.09. The highest BCUT2D eigenvalue weighted by Crippen LogP contribution is 2.08. The molecule has 138 valence electrons. The van der Waals surface area contributed by atoms with E-state index in [1.54, 1.807) is 0 Å². The Morgan fingerprint density at radius 2 is 1.65 bits per heavy atom. The number of nitrogens with zero attached hydrogens (tertiary/aromatic N) is 4. The van der Waals surface area contributed by atoms with E-state index in [9.17, 15) is 0 Å². The van der Waals surface area contributed by atoms with Gasteiger partial charge >= 0.3 is 0 Å². The van der Waals surface area contributed by atoms with Gasteiger partial charge in [0.2, 0.25) is 6.33 Å². The molecule has 2 heterocycles. The van der Waals surface area contributed by atoms with E-state index in [2.05, 4.69) is 68.6 Å². The summed E-state index contributed by atoms with van der Waals surface area (Å²) < 4.78 is 6.67. The summed E-state index contributed by atoms with van der Waals surface area (Å²) >= 11 is 0. The first-order chi connectivity index (χ1) is 12.8. The Bertz CT molecular complexity index is 741. The van der Waals surface area contributed by atoms with Crippen LogP contribution in [-0.4, -0.2) is 14.1 Å². The molecule has 3 rings (SSSR count). The van der Waals surface area contributed by atoms with Crippen molar-refractivity contribution in [2.24, 2.45) is 0 Å². The second-order valence-corrected chi connectivity index (χ2v) is 7.14. The molecule has 0 aliphatic rings. The van der Waals surface area contributed by atoms with Crippen molar-refractivity contribution in [3.63, 3.8) is 0 Å². The Hall–Kier alpha value is -2.36. The molecule has 4 nitrogen and oxygen atoms in total. The first-order valence-corrected chi connectivity index (χ1v) is 9.92. The van der Waals surface area contributed by atoms with Gasteiger partial charge in [0.05, 0.1) is 12.9 Å². The minimum Gasteiger partial charge on any atom is -0.333 e. The summed E-state index contributed by atoms with van der Waals surface area (Å²) in [4.78, 5) is 4.09. The molecule has 0 radical (unpaired) electrons. The lowest BCUT2D eigenvalue weighted by Gasteiger charge is -2.04. The largest absolute Gasteiger partial charge is 0.333 e. The molecule has 0 N–H and O–H groups in total. The SMILES string of the molecule is CCCCCCCCn1cc[n+](Cc2ccc(Cn3ccnc3)cc2)c1. The van der Waals surface area contributed by atoms with E-state index in [0.717, 1.165) is 19.6 Å². The minimum absolute atomic E-state index is 0.877. The van der Waals surface area contributed by atoms with E-state index >= 15 is 0 Å². The topological polar surface area (TPSA) is 26.6 Å². The first-order valence-electron chi connectivity index (χ1n) is 9.92. The van der Waals surface area contributed by atoms with Crippen molar-refractivity contribution < 1.29 is 4.57 Å². The average Bonchev–Trinajstić information content (AvgIpc) is 3.32. The summed E-state index contributed by atoms with van der Waals surface area (Å²) in [5, 5.41) is 0. The van der Waals surface area contributed by atoms with Crippen molar-refractivity contribution in [1.29, 1.82) is 0 Å². The van der Waals surface area contributed by atoms with Gasteiger partial charge in [-0.3, -0.25) is 0 Å². The smallest absolute Gasteiger partial charge is 0.244 e. The van der Waals surface area contributed by atoms with Gasteiger partial charge in [0.1, 0.15) is 18.9 Å². The van der Waals surface area contributed by atoms with E-state index in [1.807, 2.05) is 18.7 Å². The molecule has 0 aliphatic carbocycles. The van der Waals surface area contributed by atoms with Crippen LogP contribution in [-0.2, 0) is 19.6 Å². The normalized spacial score (nSPS) is 11.1. The van der Waals surface area contributed by atoms with Crippen molar-refractivity contribution in [3.8, 4) is 0 Å². The Morgan fingerprint density at radius 3 is 2.42 bits per heavy atom. The fraction of sp³-hybridized carbons (Fsp3) is 0.455. The maximum Gasteiger partial charge on any atom is 0.244 e. The predicted molar refractivity (Wildman–Crippen MR) is 105 cm³/mol. The summed E-state index contributed by atoms with van der Waals surface area (Å²) in [6.07, 6.45) is 20.4. The number of imidazole rings is 2. The predicted octanol–water partition coefficient (Wildman–Crippen LogP) is 4.43. The monoisotopic (exact) mass is 351 g/mol. The lowest BCUT2D eigenvalue weighted by molar-refractivity contribution is -0.687. The maximum atomic E-state index is 4.09. The fourth-order valence-corrected chi connectivity index (χ4v) is 3.29. The van der Waals surface area contributed by atoms with E-state index in [1.165, 1.54) is 49.7 Å². The zero-order valence-electron chi connectivity index (χ0n) is 15.9. The van der Waals surface area contributed by atoms with Crippen LogP contribution in [0, 0.1) is 0 Å². The van der Waals surface area contributed by atoms with E-state index in [0.29, 0.717) is 0 Å². The van der Waals surface area contributed by atoms with Gasteiger partial charge in [-0.05, 0) is 24.0 Å². The fourth-order valence-electron chi connectivity index (χ4n) is 3.29. The standard InChI is InChI=1S/C22H31N4/c1-2-3-4-5-6-7-13-24-15-16-26(20-24)18-22-10-8-21(9-11-22)17-25-14-12-23-19-25/h8-12,14-16,19-20H,2-7,13,17-18H2,1H3/q+1. The highest BCUT2D eigenvalue weighted by molar-refractivity contribution is 5.22. The average molecular weight is 352 g/mol. The molecule has 0 amide bonds. The summed E-state index contributed by atoms with van der Waals surface area (Å²) in [6.45, 7) is 5.20. The Balaban J connectivity index is 1.43. The number of rotatable bonds is 11. The van der Waals surface area contributed by atoms with Crippen LogP contribution in [0.1, 0.15) is 56.6 Å². The zero-order chi connectivity index (χ0) is 18.0. The van der Waals surface area contributed by atoms with Crippen LogP contribution in [0.15, 0.2) is 61.7 Å². The molecule has 0 atom stereocenters. The van der Waals surface area contributed by atoms with Crippen LogP contribution in [0.3, 0.4) is 0 Å². The third-order valence-electron chi connectivity index (χ3n) is 4.83. The summed E-state index contributed by atoms with van der Waals surface area (Å²) in [5.74, 6) is 0. The van der Waals surface area contributed by atoms with Gasteiger partial charge in [0.15, 0.2) is 0 Å². The van der Waals surface area contributed by atoms with Gasteiger partial charge in [-0.1, -0.05) is 56.9 Å². The van der Waals surface area contributed by atoms with Gasteiger partial charge in [-0.25, -0.2) is 14.1 Å². The lowest BCUT2D eigenvalue weighted by Crippen LogP contribution is -2.31. The Labute approximate surface area is 157 Å². The molecule has 0 spiro atoms. The van der Waals surface area contributed by atoms with E-state index in [-0.39, 0.29) is 0 Å². The highest BCUT2D eigenvalue weighted by atomic mass is 15.1. The first kappa shape index (κ1) is 18.4. The van der Waals surface area contributed by atoms with Gasteiger partial charge in [-0.2, -0.15) is 0 Å². The second-order valence-electron chi connectivity index (χ2n) is 7.14. The van der Waals surface area contributed by atoms with Gasteiger partial charge in [0.25, 0.3) is 0 Å². The van der Waals surface area contributed by atoms with Crippen LogP contribution in [0.5, 0.6) is 0 Å². The molecule has 26 heavy (non-hydrogen) atoms. The molecule has 4 heteroatoms. The molecule has 0 aliphatic heterocycles. The molecule has 2 aromatic heterocycles. The van der Waals surface area contributed by atoms with Crippen LogP contribution in [0.4, 0.5) is 0 Å². The third-order valence-corrected chi connectivity index (χ3v) is 4.83. The number of hydrogen-bond acceptors (Lipinski definition) is 1. The van der Waals surface area contributed by atoms with Crippen molar-refractivity contribution in [2.75, 3.05) is 0 Å². The van der Waals surface area contributed by atoms with Crippen LogP contribution in [0.25, 0.3) is 0 Å². The lowest BCUT2D eigenvalue weighted by atomic mass is 10.1. The van der Waals surface area contributed by atoms with E-state index < -0.39 is 0 Å². The van der Waals surface area contributed by atoms with Gasteiger partial charge in [0, 0.05) is 18.9 Å². The number of benzene rings is 1. The molecule has 0 fully saturated rings. The zero-order valence-corrected chi connectivity index (χ0v) is 15.9. The van der Waals surface area contributed by atoms with Crippen molar-refractivity contribution >= 4 is 0 Å². The third kappa shape index (κ3) is 5.87.